The Morgan fingerprint density at radius 1 is 1.12 bits per heavy atom. The second-order valence-electron chi connectivity index (χ2n) is 11.7. The largest absolute Gasteiger partial charge is 0.456 e. The molecule has 2 N–H and O–H groups in total. The number of hydrogen-bond acceptors (Lipinski definition) is 7. The number of nitrogens with zero attached hydrogens (tertiary/aromatic N) is 4. The molecule has 0 bridgehead atoms. The Hall–Kier alpha value is -4.81. The number of carbonyl (C=O) groups is 1. The smallest absolute Gasteiger partial charge is 0.410 e. The lowest BCUT2D eigenvalue weighted by atomic mass is 10.1. The molecule has 1 aliphatic heterocycles. The molecule has 3 aromatic heterocycles. The molecule has 9 heteroatoms. The van der Waals surface area contributed by atoms with Gasteiger partial charge in [-0.2, -0.15) is 5.26 Å². The highest BCUT2D eigenvalue weighted by atomic mass is 16.6. The van der Waals surface area contributed by atoms with Crippen LogP contribution in [0.1, 0.15) is 37.5 Å². The van der Waals surface area contributed by atoms with Crippen molar-refractivity contribution in [1.82, 2.24) is 19.8 Å². The van der Waals surface area contributed by atoms with E-state index < -0.39 is 5.60 Å². The number of furan rings is 1. The zero-order chi connectivity index (χ0) is 29.4. The standard InChI is InChI=1S/C33H34N6O3/c1-21-25-9-10-36-28(25)7-6-27(21)37-31-24(17-34)18-35-19-26(31)30-16-23-15-22(5-8-29(23)41-30)20-38-11-13-39(14-12-38)32(40)42-33(2,3)4/h5-10,15-16,18-19,36H,11-14,20H2,1-4H3,(H,35,37). The molecule has 1 saturated heterocycles. The van der Waals surface area contributed by atoms with E-state index in [0.29, 0.717) is 30.1 Å². The van der Waals surface area contributed by atoms with E-state index >= 15 is 0 Å². The summed E-state index contributed by atoms with van der Waals surface area (Å²) in [5, 5.41) is 15.5. The van der Waals surface area contributed by atoms with Crippen LogP contribution in [0.25, 0.3) is 33.2 Å². The molecule has 214 valence electrons. The highest BCUT2D eigenvalue weighted by Crippen LogP contribution is 2.37. The van der Waals surface area contributed by atoms with E-state index in [2.05, 4.69) is 45.3 Å². The van der Waals surface area contributed by atoms with E-state index in [9.17, 15) is 10.1 Å². The van der Waals surface area contributed by atoms with Gasteiger partial charge in [0.1, 0.15) is 23.0 Å². The molecule has 4 heterocycles. The summed E-state index contributed by atoms with van der Waals surface area (Å²) in [4.78, 5) is 24.1. The molecule has 0 radical (unpaired) electrons. The number of amides is 1. The van der Waals surface area contributed by atoms with Crippen LogP contribution in [-0.4, -0.2) is 57.6 Å². The number of pyridine rings is 1. The van der Waals surface area contributed by atoms with E-state index in [1.54, 1.807) is 17.3 Å². The van der Waals surface area contributed by atoms with Crippen LogP contribution in [0, 0.1) is 18.3 Å². The Labute approximate surface area is 244 Å². The maximum Gasteiger partial charge on any atom is 0.410 e. The van der Waals surface area contributed by atoms with Crippen molar-refractivity contribution >= 4 is 39.3 Å². The zero-order valence-corrected chi connectivity index (χ0v) is 24.3. The summed E-state index contributed by atoms with van der Waals surface area (Å²) in [6.45, 7) is 11.3. The van der Waals surface area contributed by atoms with Gasteiger partial charge in [-0.3, -0.25) is 9.88 Å². The predicted molar refractivity (Wildman–Crippen MR) is 164 cm³/mol. The number of aromatic nitrogens is 2. The maximum absolute atomic E-state index is 12.4. The molecule has 0 saturated carbocycles. The Bertz CT molecular complexity index is 1820. The minimum atomic E-state index is -0.494. The number of ether oxygens (including phenoxy) is 1. The van der Waals surface area contributed by atoms with Gasteiger partial charge in [0.05, 0.1) is 16.8 Å². The number of aromatic amines is 1. The first-order valence-corrected chi connectivity index (χ1v) is 14.1. The third kappa shape index (κ3) is 5.54. The minimum absolute atomic E-state index is 0.251. The quantitative estimate of drug-likeness (QED) is 0.238. The van der Waals surface area contributed by atoms with Crippen molar-refractivity contribution in [3.63, 3.8) is 0 Å². The molecule has 1 aliphatic rings. The summed E-state index contributed by atoms with van der Waals surface area (Å²) >= 11 is 0. The second kappa shape index (κ2) is 10.9. The SMILES string of the molecule is Cc1c(Nc2c(C#N)cncc2-c2cc3cc(CN4CCN(C(=O)OC(C)(C)C)CC4)ccc3o2)ccc2[nH]ccc12. The zero-order valence-electron chi connectivity index (χ0n) is 24.3. The normalized spacial score (nSPS) is 14.3. The molecule has 1 amide bonds. The van der Waals surface area contributed by atoms with Gasteiger partial charge in [-0.15, -0.1) is 0 Å². The van der Waals surface area contributed by atoms with Gasteiger partial charge in [0.15, 0.2) is 0 Å². The van der Waals surface area contributed by atoms with Crippen LogP contribution in [0.15, 0.2) is 65.5 Å². The van der Waals surface area contributed by atoms with Crippen LogP contribution in [0.5, 0.6) is 0 Å². The van der Waals surface area contributed by atoms with E-state index in [0.717, 1.165) is 58.3 Å². The van der Waals surface area contributed by atoms with Gasteiger partial charge >= 0.3 is 6.09 Å². The van der Waals surface area contributed by atoms with Gasteiger partial charge in [0.2, 0.25) is 0 Å². The first-order valence-electron chi connectivity index (χ1n) is 14.1. The van der Waals surface area contributed by atoms with E-state index in [1.807, 2.05) is 57.3 Å². The Balaban J connectivity index is 1.22. The number of benzene rings is 2. The molecule has 1 fully saturated rings. The summed E-state index contributed by atoms with van der Waals surface area (Å²) in [7, 11) is 0. The number of aryl methyl sites for hydroxylation is 1. The third-order valence-electron chi connectivity index (χ3n) is 7.61. The molecule has 0 aliphatic carbocycles. The Kier molecular flexibility index (Phi) is 7.09. The molecule has 9 nitrogen and oxygen atoms in total. The summed E-state index contributed by atoms with van der Waals surface area (Å²) in [6.07, 6.45) is 4.97. The number of H-pyrrole nitrogens is 1. The fourth-order valence-electron chi connectivity index (χ4n) is 5.42. The maximum atomic E-state index is 12.4. The average molecular weight is 563 g/mol. The van der Waals surface area contributed by atoms with Crippen LogP contribution < -0.4 is 5.32 Å². The molecule has 5 aromatic rings. The fraction of sp³-hybridized carbons (Fsp3) is 0.303. The summed E-state index contributed by atoms with van der Waals surface area (Å²) in [5.41, 5.74) is 6.31. The van der Waals surface area contributed by atoms with Crippen molar-refractivity contribution in [2.75, 3.05) is 31.5 Å². The minimum Gasteiger partial charge on any atom is -0.456 e. The lowest BCUT2D eigenvalue weighted by molar-refractivity contribution is 0.0139. The number of nitriles is 1. The molecule has 0 unspecified atom stereocenters. The lowest BCUT2D eigenvalue weighted by Gasteiger charge is -2.35. The predicted octanol–water partition coefficient (Wildman–Crippen LogP) is 6.95. The van der Waals surface area contributed by atoms with Crippen LogP contribution in [0.2, 0.25) is 0 Å². The number of hydrogen-bond donors (Lipinski definition) is 2. The number of carbonyl (C=O) groups excluding carboxylic acids is 1. The second-order valence-corrected chi connectivity index (χ2v) is 11.7. The fourth-order valence-corrected chi connectivity index (χ4v) is 5.42. The molecule has 2 aromatic carbocycles. The van der Waals surface area contributed by atoms with Gasteiger partial charge in [0, 0.05) is 73.3 Å². The Morgan fingerprint density at radius 3 is 2.69 bits per heavy atom. The van der Waals surface area contributed by atoms with Gasteiger partial charge in [-0.1, -0.05) is 6.07 Å². The highest BCUT2D eigenvalue weighted by molar-refractivity contribution is 5.92. The summed E-state index contributed by atoms with van der Waals surface area (Å²) < 4.78 is 11.8. The lowest BCUT2D eigenvalue weighted by Crippen LogP contribution is -2.49. The summed E-state index contributed by atoms with van der Waals surface area (Å²) in [5.74, 6) is 0.639. The molecule has 0 atom stereocenters. The topological polar surface area (TPSA) is 110 Å². The van der Waals surface area contributed by atoms with Crippen molar-refractivity contribution in [3.8, 4) is 17.4 Å². The van der Waals surface area contributed by atoms with Crippen molar-refractivity contribution in [2.45, 2.75) is 39.8 Å². The van der Waals surface area contributed by atoms with Crippen molar-refractivity contribution in [3.05, 3.63) is 77.7 Å². The van der Waals surface area contributed by atoms with E-state index in [-0.39, 0.29) is 6.09 Å². The third-order valence-corrected chi connectivity index (χ3v) is 7.61. The van der Waals surface area contributed by atoms with Gasteiger partial charge in [-0.05, 0) is 75.2 Å². The molecular weight excluding hydrogens is 528 g/mol. The number of piperazine rings is 1. The van der Waals surface area contributed by atoms with Crippen molar-refractivity contribution in [2.24, 2.45) is 0 Å². The van der Waals surface area contributed by atoms with Crippen LogP contribution in [-0.2, 0) is 11.3 Å². The number of nitrogens with one attached hydrogen (secondary N) is 2. The average Bonchev–Trinajstić information content (AvgIpc) is 3.61. The van der Waals surface area contributed by atoms with Gasteiger partial charge in [0.25, 0.3) is 0 Å². The molecule has 0 spiro atoms. The van der Waals surface area contributed by atoms with Crippen molar-refractivity contribution in [1.29, 1.82) is 5.26 Å². The van der Waals surface area contributed by atoms with Crippen molar-refractivity contribution < 1.29 is 13.9 Å². The number of fused-ring (bicyclic) bond motifs is 2. The van der Waals surface area contributed by atoms with Crippen LogP contribution in [0.4, 0.5) is 16.2 Å². The molecule has 42 heavy (non-hydrogen) atoms. The number of anilines is 2. The van der Waals surface area contributed by atoms with Crippen LogP contribution in [0.3, 0.4) is 0 Å². The highest BCUT2D eigenvalue weighted by Gasteiger charge is 2.26. The number of rotatable bonds is 5. The first-order chi connectivity index (χ1) is 20.2. The summed E-state index contributed by atoms with van der Waals surface area (Å²) in [6, 6.07) is 16.6. The first kappa shape index (κ1) is 27.4. The van der Waals surface area contributed by atoms with Crippen LogP contribution >= 0.6 is 0 Å². The molecule has 6 rings (SSSR count). The Morgan fingerprint density at radius 2 is 1.93 bits per heavy atom. The molecular formula is C33H34N6O3. The monoisotopic (exact) mass is 562 g/mol. The van der Waals surface area contributed by atoms with Gasteiger partial charge < -0.3 is 24.4 Å². The van der Waals surface area contributed by atoms with E-state index in [1.165, 1.54) is 5.56 Å². The van der Waals surface area contributed by atoms with E-state index in [4.69, 9.17) is 9.15 Å². The van der Waals surface area contributed by atoms with Gasteiger partial charge in [-0.25, -0.2) is 4.79 Å².